The number of nitrogens with zero attached hydrogens (tertiary/aromatic N) is 2. The molecule has 0 unspecified atom stereocenters. The highest BCUT2D eigenvalue weighted by molar-refractivity contribution is 6.32. The molecule has 1 aromatic carbocycles. The Kier molecular flexibility index (Phi) is 3.25. The number of aromatic nitrogens is 2. The molecule has 5 nitrogen and oxygen atoms in total. The highest BCUT2D eigenvalue weighted by Gasteiger charge is 2.15. The monoisotopic (exact) mass is 266 g/mol. The summed E-state index contributed by atoms with van der Waals surface area (Å²) in [7, 11) is 1.55. The first-order valence-corrected chi connectivity index (χ1v) is 5.54. The lowest BCUT2D eigenvalue weighted by atomic mass is 10.2. The average Bonchev–Trinajstić information content (AvgIpc) is 2.71. The van der Waals surface area contributed by atoms with Crippen molar-refractivity contribution in [3.63, 3.8) is 0 Å². The van der Waals surface area contributed by atoms with E-state index in [-0.39, 0.29) is 5.56 Å². The number of carbonyl (C=O) groups is 1. The molecule has 0 amide bonds. The number of rotatable bonds is 3. The summed E-state index contributed by atoms with van der Waals surface area (Å²) < 4.78 is 6.54. The van der Waals surface area contributed by atoms with E-state index in [0.29, 0.717) is 22.2 Å². The Morgan fingerprint density at radius 1 is 1.50 bits per heavy atom. The molecule has 0 spiro atoms. The second-order valence-corrected chi connectivity index (χ2v) is 4.09. The summed E-state index contributed by atoms with van der Waals surface area (Å²) in [6, 6.07) is 5.12. The Balaban J connectivity index is 2.52. The van der Waals surface area contributed by atoms with Crippen LogP contribution in [0.5, 0.6) is 5.75 Å². The fraction of sp³-hybridized carbons (Fsp3) is 0.167. The van der Waals surface area contributed by atoms with Crippen LogP contribution in [0.15, 0.2) is 24.4 Å². The first-order valence-electron chi connectivity index (χ1n) is 5.16. The number of hydrogen-bond donors (Lipinski definition) is 1. The quantitative estimate of drug-likeness (QED) is 0.927. The third kappa shape index (κ3) is 2.04. The van der Waals surface area contributed by atoms with E-state index in [1.165, 1.54) is 10.9 Å². The molecule has 0 saturated heterocycles. The van der Waals surface area contributed by atoms with Crippen LogP contribution in [0.3, 0.4) is 0 Å². The molecule has 0 saturated carbocycles. The normalized spacial score (nSPS) is 10.4. The van der Waals surface area contributed by atoms with Crippen LogP contribution in [0.4, 0.5) is 0 Å². The molecule has 0 fully saturated rings. The van der Waals surface area contributed by atoms with E-state index in [9.17, 15) is 4.79 Å². The van der Waals surface area contributed by atoms with Gasteiger partial charge >= 0.3 is 5.97 Å². The van der Waals surface area contributed by atoms with Crippen molar-refractivity contribution in [2.45, 2.75) is 6.92 Å². The van der Waals surface area contributed by atoms with Crippen LogP contribution in [-0.4, -0.2) is 28.0 Å². The molecule has 94 valence electrons. The lowest BCUT2D eigenvalue weighted by Crippen LogP contribution is -2.03. The first kappa shape index (κ1) is 12.4. The third-order valence-corrected chi connectivity index (χ3v) is 2.93. The van der Waals surface area contributed by atoms with Gasteiger partial charge in [0.15, 0.2) is 0 Å². The lowest BCUT2D eigenvalue weighted by Gasteiger charge is -2.08. The van der Waals surface area contributed by atoms with Gasteiger partial charge in [0.25, 0.3) is 0 Å². The topological polar surface area (TPSA) is 64.4 Å². The van der Waals surface area contributed by atoms with Crippen molar-refractivity contribution in [2.75, 3.05) is 7.11 Å². The predicted octanol–water partition coefficient (Wildman–Crippen LogP) is 2.54. The van der Waals surface area contributed by atoms with Gasteiger partial charge in [-0.25, -0.2) is 9.48 Å². The minimum absolute atomic E-state index is 0.155. The van der Waals surface area contributed by atoms with Crippen LogP contribution in [0.2, 0.25) is 5.02 Å². The maximum absolute atomic E-state index is 10.9. The van der Waals surface area contributed by atoms with E-state index in [0.717, 1.165) is 0 Å². The van der Waals surface area contributed by atoms with Crippen molar-refractivity contribution in [1.82, 2.24) is 9.78 Å². The molecule has 0 atom stereocenters. The van der Waals surface area contributed by atoms with Crippen molar-refractivity contribution in [2.24, 2.45) is 0 Å². The van der Waals surface area contributed by atoms with Gasteiger partial charge in [-0.15, -0.1) is 0 Å². The zero-order valence-electron chi connectivity index (χ0n) is 9.85. The van der Waals surface area contributed by atoms with Crippen LogP contribution in [0.25, 0.3) is 5.69 Å². The number of benzene rings is 1. The Morgan fingerprint density at radius 3 is 2.72 bits per heavy atom. The molecule has 0 radical (unpaired) electrons. The molecule has 1 aromatic heterocycles. The molecular formula is C12H11ClN2O3. The second-order valence-electron chi connectivity index (χ2n) is 3.68. The van der Waals surface area contributed by atoms with Gasteiger partial charge < -0.3 is 9.84 Å². The van der Waals surface area contributed by atoms with Crippen molar-refractivity contribution in [3.8, 4) is 11.4 Å². The number of aromatic carboxylic acids is 1. The minimum atomic E-state index is -1.01. The maximum Gasteiger partial charge on any atom is 0.339 e. The summed E-state index contributed by atoms with van der Waals surface area (Å²) in [5.41, 5.74) is 1.29. The van der Waals surface area contributed by atoms with Gasteiger partial charge in [-0.3, -0.25) is 0 Å². The molecule has 0 bridgehead atoms. The summed E-state index contributed by atoms with van der Waals surface area (Å²) >= 11 is 6.12. The first-order chi connectivity index (χ1) is 8.54. The van der Waals surface area contributed by atoms with E-state index in [1.807, 2.05) is 0 Å². The lowest BCUT2D eigenvalue weighted by molar-refractivity contribution is 0.0696. The highest BCUT2D eigenvalue weighted by Crippen LogP contribution is 2.26. The van der Waals surface area contributed by atoms with Crippen molar-refractivity contribution in [3.05, 3.63) is 40.7 Å². The molecule has 2 rings (SSSR count). The Hall–Kier alpha value is -2.01. The zero-order chi connectivity index (χ0) is 13.3. The van der Waals surface area contributed by atoms with Gasteiger partial charge in [-0.05, 0) is 19.1 Å². The van der Waals surface area contributed by atoms with E-state index in [1.54, 1.807) is 32.2 Å². The largest absolute Gasteiger partial charge is 0.497 e. The summed E-state index contributed by atoms with van der Waals surface area (Å²) in [6.07, 6.45) is 1.30. The highest BCUT2D eigenvalue weighted by atomic mass is 35.5. The van der Waals surface area contributed by atoms with Crippen LogP contribution in [0, 0.1) is 6.92 Å². The van der Waals surface area contributed by atoms with E-state index >= 15 is 0 Å². The average molecular weight is 267 g/mol. The number of ether oxygens (including phenoxy) is 1. The fourth-order valence-electron chi connectivity index (χ4n) is 1.65. The molecule has 1 heterocycles. The molecule has 0 aliphatic rings. The van der Waals surface area contributed by atoms with Crippen LogP contribution < -0.4 is 4.74 Å². The Labute approximate surface area is 109 Å². The van der Waals surface area contributed by atoms with Gasteiger partial charge in [0, 0.05) is 6.07 Å². The van der Waals surface area contributed by atoms with Gasteiger partial charge in [-0.1, -0.05) is 11.6 Å². The summed E-state index contributed by atoms with van der Waals surface area (Å²) in [6.45, 7) is 1.68. The molecular weight excluding hydrogens is 256 g/mol. The molecule has 0 aliphatic carbocycles. The van der Waals surface area contributed by atoms with Crippen LogP contribution >= 0.6 is 11.6 Å². The molecule has 1 N–H and O–H groups in total. The number of methoxy groups -OCH3 is 1. The standard InChI is InChI=1S/C12H11ClN2O3/c1-7-9(12(16)17)6-14-15(7)11-4-3-8(18-2)5-10(11)13/h3-6H,1-2H3,(H,16,17). The number of carboxylic acids is 1. The van der Waals surface area contributed by atoms with E-state index in [2.05, 4.69) is 5.10 Å². The smallest absolute Gasteiger partial charge is 0.339 e. The summed E-state index contributed by atoms with van der Waals surface area (Å²) in [5, 5.41) is 13.4. The van der Waals surface area contributed by atoms with Crippen LogP contribution in [0.1, 0.15) is 16.1 Å². The van der Waals surface area contributed by atoms with Gasteiger partial charge in [0.05, 0.1) is 29.7 Å². The maximum atomic E-state index is 10.9. The molecule has 18 heavy (non-hydrogen) atoms. The van der Waals surface area contributed by atoms with Gasteiger partial charge in [-0.2, -0.15) is 5.10 Å². The number of hydrogen-bond acceptors (Lipinski definition) is 3. The van der Waals surface area contributed by atoms with E-state index in [4.69, 9.17) is 21.4 Å². The fourth-order valence-corrected chi connectivity index (χ4v) is 1.90. The number of carboxylic acid groups (broad SMARTS) is 1. The van der Waals surface area contributed by atoms with Gasteiger partial charge in [0.1, 0.15) is 11.3 Å². The zero-order valence-corrected chi connectivity index (χ0v) is 10.6. The van der Waals surface area contributed by atoms with Crippen LogP contribution in [-0.2, 0) is 0 Å². The van der Waals surface area contributed by atoms with Crippen molar-refractivity contribution < 1.29 is 14.6 Å². The summed E-state index contributed by atoms with van der Waals surface area (Å²) in [5.74, 6) is -0.379. The van der Waals surface area contributed by atoms with E-state index < -0.39 is 5.97 Å². The van der Waals surface area contributed by atoms with Crippen molar-refractivity contribution in [1.29, 1.82) is 0 Å². The molecule has 0 aliphatic heterocycles. The predicted molar refractivity (Wildman–Crippen MR) is 66.8 cm³/mol. The molecule has 2 aromatic rings. The summed E-state index contributed by atoms with van der Waals surface area (Å²) in [4.78, 5) is 10.9. The SMILES string of the molecule is COc1ccc(-n2ncc(C(=O)O)c2C)c(Cl)c1. The Morgan fingerprint density at radius 2 is 2.22 bits per heavy atom. The second kappa shape index (κ2) is 4.70. The van der Waals surface area contributed by atoms with Gasteiger partial charge in [0.2, 0.25) is 0 Å². The van der Waals surface area contributed by atoms with Crippen molar-refractivity contribution >= 4 is 17.6 Å². The Bertz CT molecular complexity index is 607. The number of halogens is 1. The molecule has 6 heteroatoms. The minimum Gasteiger partial charge on any atom is -0.497 e. The third-order valence-electron chi connectivity index (χ3n) is 2.62.